The number of nitrogens with one attached hydrogen (secondary N) is 1. The molecule has 3 aliphatic heterocycles. The van der Waals surface area contributed by atoms with E-state index in [0.29, 0.717) is 0 Å². The molecule has 66 valence electrons. The number of hydrogen-bond acceptors (Lipinski definition) is 2. The second-order valence-corrected chi connectivity index (χ2v) is 5.39. The maximum Gasteiger partial charge on any atom is 0.0143 e. The molecule has 1 saturated carbocycles. The first-order chi connectivity index (χ1) is 5.87. The lowest BCUT2D eigenvalue weighted by molar-refractivity contribution is 0.176. The van der Waals surface area contributed by atoms with Crippen LogP contribution in [0, 0.1) is 17.3 Å². The fourth-order valence-electron chi connectivity index (χ4n) is 4.54. The van der Waals surface area contributed by atoms with E-state index in [1.165, 1.54) is 32.6 Å². The van der Waals surface area contributed by atoms with Crippen molar-refractivity contribution in [3.05, 3.63) is 0 Å². The summed E-state index contributed by atoms with van der Waals surface area (Å²) in [5, 5.41) is 3.74. The molecule has 1 N–H and O–H groups in total. The number of fused-ring (bicyclic) bond motifs is 2. The van der Waals surface area contributed by atoms with Gasteiger partial charge in [0.2, 0.25) is 0 Å². The van der Waals surface area contributed by atoms with Crippen molar-refractivity contribution in [3.63, 3.8) is 0 Å². The Morgan fingerprint density at radius 1 is 1.33 bits per heavy atom. The molecule has 3 heterocycles. The quantitative estimate of drug-likeness (QED) is 0.554. The van der Waals surface area contributed by atoms with Gasteiger partial charge in [-0.3, -0.25) is 0 Å². The van der Waals surface area contributed by atoms with E-state index < -0.39 is 0 Å². The molecular formula is C10H16N2. The van der Waals surface area contributed by atoms with E-state index in [-0.39, 0.29) is 0 Å². The van der Waals surface area contributed by atoms with Gasteiger partial charge in [0.1, 0.15) is 0 Å². The number of hydrogen-bond donors (Lipinski definition) is 1. The third-order valence-electron chi connectivity index (χ3n) is 4.87. The molecule has 1 spiro atoms. The van der Waals surface area contributed by atoms with Crippen LogP contribution in [0.15, 0.2) is 0 Å². The maximum absolute atomic E-state index is 3.74. The van der Waals surface area contributed by atoms with E-state index in [4.69, 9.17) is 0 Å². The summed E-state index contributed by atoms with van der Waals surface area (Å²) in [6.07, 6.45) is 3.03. The monoisotopic (exact) mass is 164 g/mol. The third kappa shape index (κ3) is 0.521. The molecule has 0 amide bonds. The lowest BCUT2D eigenvalue weighted by atomic mass is 9.76. The highest BCUT2D eigenvalue weighted by molar-refractivity contribution is 5.16. The van der Waals surface area contributed by atoms with Gasteiger partial charge in [-0.15, -0.1) is 0 Å². The smallest absolute Gasteiger partial charge is 0.0143 e. The number of rotatable bonds is 0. The molecule has 2 heteroatoms. The van der Waals surface area contributed by atoms with Gasteiger partial charge in [0.05, 0.1) is 0 Å². The Labute approximate surface area is 73.3 Å². The van der Waals surface area contributed by atoms with Gasteiger partial charge in [-0.25, -0.2) is 0 Å². The molecule has 0 aromatic rings. The van der Waals surface area contributed by atoms with Crippen LogP contribution < -0.4 is 5.32 Å². The number of piperidine rings is 1. The largest absolute Gasteiger partial charge is 0.313 e. The fourth-order valence-corrected chi connectivity index (χ4v) is 4.54. The molecule has 0 aromatic carbocycles. The van der Waals surface area contributed by atoms with E-state index in [9.17, 15) is 0 Å². The SMILES string of the molecule is C1NC2CC3CN4CC1C2(C3)C4. The minimum absolute atomic E-state index is 0.753. The average molecular weight is 164 g/mol. The lowest BCUT2D eigenvalue weighted by Crippen LogP contribution is -2.39. The van der Waals surface area contributed by atoms with Crippen molar-refractivity contribution in [1.29, 1.82) is 0 Å². The molecule has 4 rings (SSSR count). The van der Waals surface area contributed by atoms with Crippen molar-refractivity contribution in [1.82, 2.24) is 10.2 Å². The van der Waals surface area contributed by atoms with Crippen molar-refractivity contribution in [3.8, 4) is 0 Å². The predicted molar refractivity (Wildman–Crippen MR) is 46.9 cm³/mol. The molecule has 12 heavy (non-hydrogen) atoms. The summed E-state index contributed by atoms with van der Waals surface area (Å²) in [5.41, 5.74) is 0.753. The molecule has 1 aliphatic carbocycles. The summed E-state index contributed by atoms with van der Waals surface area (Å²) in [6.45, 7) is 5.55. The maximum atomic E-state index is 3.74. The molecule has 4 fully saturated rings. The number of nitrogens with zero attached hydrogens (tertiary/aromatic N) is 1. The summed E-state index contributed by atoms with van der Waals surface area (Å²) >= 11 is 0. The van der Waals surface area contributed by atoms with Crippen LogP contribution in [0.25, 0.3) is 0 Å². The zero-order valence-corrected chi connectivity index (χ0v) is 7.42. The standard InChI is InChI=1S/C10H16N2/c1-7-2-10-6-12(4-7)5-8(10)3-11-9(1)10/h7-9,11H,1-6H2. The minimum atomic E-state index is 0.753. The first kappa shape index (κ1) is 6.39. The Balaban J connectivity index is 1.89. The van der Waals surface area contributed by atoms with Gasteiger partial charge in [-0.1, -0.05) is 0 Å². The van der Waals surface area contributed by atoms with Crippen molar-refractivity contribution < 1.29 is 0 Å². The van der Waals surface area contributed by atoms with Crippen molar-refractivity contribution in [2.75, 3.05) is 26.2 Å². The van der Waals surface area contributed by atoms with Crippen LogP contribution in [0.4, 0.5) is 0 Å². The Morgan fingerprint density at radius 3 is 3.33 bits per heavy atom. The Bertz CT molecular complexity index is 214. The van der Waals surface area contributed by atoms with Crippen LogP contribution in [0.3, 0.4) is 0 Å². The van der Waals surface area contributed by atoms with Gasteiger partial charge in [-0.05, 0) is 24.7 Å². The fraction of sp³-hybridized carbons (Fsp3) is 1.00. The van der Waals surface area contributed by atoms with E-state index in [1.807, 2.05) is 0 Å². The van der Waals surface area contributed by atoms with Crippen LogP contribution in [-0.2, 0) is 0 Å². The van der Waals surface area contributed by atoms with Crippen LogP contribution in [0.1, 0.15) is 12.8 Å². The summed E-state index contributed by atoms with van der Waals surface area (Å²) in [6, 6.07) is 0.903. The Morgan fingerprint density at radius 2 is 2.33 bits per heavy atom. The topological polar surface area (TPSA) is 15.3 Å². The zero-order chi connectivity index (χ0) is 7.76. The molecule has 3 bridgehead atoms. The van der Waals surface area contributed by atoms with Crippen LogP contribution in [0.5, 0.6) is 0 Å². The zero-order valence-electron chi connectivity index (χ0n) is 7.42. The second-order valence-electron chi connectivity index (χ2n) is 5.39. The van der Waals surface area contributed by atoms with Crippen LogP contribution in [-0.4, -0.2) is 37.1 Å². The molecule has 0 aromatic heterocycles. The van der Waals surface area contributed by atoms with E-state index in [2.05, 4.69) is 10.2 Å². The summed E-state index contributed by atoms with van der Waals surface area (Å²) < 4.78 is 0. The summed E-state index contributed by atoms with van der Waals surface area (Å²) in [4.78, 5) is 2.72. The van der Waals surface area contributed by atoms with Gasteiger partial charge in [0, 0.05) is 37.6 Å². The molecule has 4 aliphatic rings. The first-order valence-corrected chi connectivity index (χ1v) is 5.32. The molecule has 5 atom stereocenters. The molecule has 3 saturated heterocycles. The van der Waals surface area contributed by atoms with Gasteiger partial charge < -0.3 is 10.2 Å². The van der Waals surface area contributed by atoms with Gasteiger partial charge in [0.25, 0.3) is 0 Å². The van der Waals surface area contributed by atoms with Gasteiger partial charge >= 0.3 is 0 Å². The van der Waals surface area contributed by atoms with Gasteiger partial charge in [-0.2, -0.15) is 0 Å². The van der Waals surface area contributed by atoms with Crippen molar-refractivity contribution in [2.24, 2.45) is 17.3 Å². The Hall–Kier alpha value is -0.0800. The average Bonchev–Trinajstić information content (AvgIpc) is 2.55. The normalized spacial score (nSPS) is 66.0. The lowest BCUT2D eigenvalue weighted by Gasteiger charge is -2.32. The van der Waals surface area contributed by atoms with E-state index >= 15 is 0 Å². The van der Waals surface area contributed by atoms with Crippen LogP contribution >= 0.6 is 0 Å². The molecule has 0 radical (unpaired) electrons. The highest BCUT2D eigenvalue weighted by atomic mass is 15.2. The third-order valence-corrected chi connectivity index (χ3v) is 4.87. The van der Waals surface area contributed by atoms with Crippen LogP contribution in [0.2, 0.25) is 0 Å². The molecule has 2 nitrogen and oxygen atoms in total. The highest BCUT2D eigenvalue weighted by Gasteiger charge is 2.62. The van der Waals surface area contributed by atoms with E-state index in [0.717, 1.165) is 23.3 Å². The van der Waals surface area contributed by atoms with Crippen molar-refractivity contribution in [2.45, 2.75) is 18.9 Å². The minimum Gasteiger partial charge on any atom is -0.313 e. The predicted octanol–water partition coefficient (Wildman–Crippen LogP) is 0.300. The Kier molecular flexibility index (Phi) is 0.921. The van der Waals surface area contributed by atoms with Gasteiger partial charge in [0.15, 0.2) is 0 Å². The molecular weight excluding hydrogens is 148 g/mol. The highest BCUT2D eigenvalue weighted by Crippen LogP contribution is 2.57. The summed E-state index contributed by atoms with van der Waals surface area (Å²) in [7, 11) is 0. The van der Waals surface area contributed by atoms with Crippen molar-refractivity contribution >= 4 is 0 Å². The summed E-state index contributed by atoms with van der Waals surface area (Å²) in [5.74, 6) is 2.05. The molecule has 5 unspecified atom stereocenters. The second kappa shape index (κ2) is 1.73. The first-order valence-electron chi connectivity index (χ1n) is 5.32. The van der Waals surface area contributed by atoms with E-state index in [1.54, 1.807) is 6.42 Å².